The third kappa shape index (κ3) is 1.93. The molecule has 0 spiro atoms. The second-order valence-corrected chi connectivity index (χ2v) is 3.54. The number of rotatable bonds is 3. The predicted octanol–water partition coefficient (Wildman–Crippen LogP) is 0.581. The molecule has 1 N–H and O–H groups in total. The lowest BCUT2D eigenvalue weighted by Gasteiger charge is -2.11. The largest absolute Gasteiger partial charge is 0.481 e. The monoisotopic (exact) mass is 196 g/mol. The molecule has 0 saturated carbocycles. The van der Waals surface area contributed by atoms with E-state index in [2.05, 4.69) is 10.1 Å². The van der Waals surface area contributed by atoms with Crippen LogP contribution >= 0.6 is 0 Å². The molecule has 1 saturated heterocycles. The molecule has 0 amide bonds. The Bertz CT molecular complexity index is 310. The highest BCUT2D eigenvalue weighted by molar-refractivity contribution is 5.70. The maximum atomic E-state index is 10.7. The molecule has 5 nitrogen and oxygen atoms in total. The molecule has 1 atom stereocenters. The highest BCUT2D eigenvalue weighted by Gasteiger charge is 2.28. The van der Waals surface area contributed by atoms with Gasteiger partial charge >= 0.3 is 5.97 Å². The van der Waals surface area contributed by atoms with Gasteiger partial charge in [0.15, 0.2) is 5.76 Å². The SMILES string of the molecule is O=C(O)C1CCN(Cc2ccno2)C1. The predicted molar refractivity (Wildman–Crippen MR) is 47.5 cm³/mol. The number of likely N-dealkylation sites (tertiary alicyclic amines) is 1. The van der Waals surface area contributed by atoms with Gasteiger partial charge < -0.3 is 9.63 Å². The molecule has 5 heteroatoms. The molecule has 1 aliphatic rings. The van der Waals surface area contributed by atoms with Gasteiger partial charge in [-0.2, -0.15) is 0 Å². The van der Waals surface area contributed by atoms with Crippen LogP contribution in [0, 0.1) is 5.92 Å². The summed E-state index contributed by atoms with van der Waals surface area (Å²) < 4.78 is 4.95. The number of hydrogen-bond donors (Lipinski definition) is 1. The third-order valence-electron chi connectivity index (χ3n) is 2.49. The van der Waals surface area contributed by atoms with Crippen molar-refractivity contribution in [2.24, 2.45) is 5.92 Å². The molecule has 1 fully saturated rings. The molecule has 0 bridgehead atoms. The number of carboxylic acids is 1. The van der Waals surface area contributed by atoms with Crippen molar-refractivity contribution in [2.75, 3.05) is 13.1 Å². The average molecular weight is 196 g/mol. The van der Waals surface area contributed by atoms with Crippen LogP contribution in [-0.2, 0) is 11.3 Å². The van der Waals surface area contributed by atoms with E-state index in [1.807, 2.05) is 0 Å². The summed E-state index contributed by atoms with van der Waals surface area (Å²) in [6.45, 7) is 2.08. The second-order valence-electron chi connectivity index (χ2n) is 3.54. The van der Waals surface area contributed by atoms with Crippen LogP contribution in [0.25, 0.3) is 0 Å². The van der Waals surface area contributed by atoms with Crippen molar-refractivity contribution in [2.45, 2.75) is 13.0 Å². The number of carboxylic acid groups (broad SMARTS) is 1. The maximum Gasteiger partial charge on any atom is 0.307 e. The molecular formula is C9H12N2O3. The lowest BCUT2D eigenvalue weighted by Crippen LogP contribution is -2.22. The first-order valence-corrected chi connectivity index (χ1v) is 4.60. The Morgan fingerprint density at radius 3 is 3.21 bits per heavy atom. The molecule has 1 aromatic heterocycles. The highest BCUT2D eigenvalue weighted by Crippen LogP contribution is 2.18. The minimum absolute atomic E-state index is 0.224. The topological polar surface area (TPSA) is 66.6 Å². The summed E-state index contributed by atoms with van der Waals surface area (Å²) >= 11 is 0. The van der Waals surface area contributed by atoms with Crippen LogP contribution in [-0.4, -0.2) is 34.2 Å². The standard InChI is InChI=1S/C9H12N2O3/c12-9(13)7-2-4-11(5-7)6-8-1-3-10-14-8/h1,3,7H,2,4-6H2,(H,12,13). The lowest BCUT2D eigenvalue weighted by molar-refractivity contribution is -0.141. The van der Waals surface area contributed by atoms with E-state index in [1.54, 1.807) is 12.3 Å². The summed E-state index contributed by atoms with van der Waals surface area (Å²) in [6, 6.07) is 1.80. The fourth-order valence-corrected chi connectivity index (χ4v) is 1.72. The van der Waals surface area contributed by atoms with Crippen molar-refractivity contribution in [3.8, 4) is 0 Å². The van der Waals surface area contributed by atoms with E-state index in [4.69, 9.17) is 9.63 Å². The minimum atomic E-state index is -0.704. The van der Waals surface area contributed by atoms with Crippen molar-refractivity contribution in [3.05, 3.63) is 18.0 Å². The smallest absolute Gasteiger partial charge is 0.307 e. The first-order chi connectivity index (χ1) is 6.75. The van der Waals surface area contributed by atoms with Crippen LogP contribution in [0.5, 0.6) is 0 Å². The second kappa shape index (κ2) is 3.79. The van der Waals surface area contributed by atoms with Gasteiger partial charge in [-0.15, -0.1) is 0 Å². The highest BCUT2D eigenvalue weighted by atomic mass is 16.5. The molecule has 0 radical (unpaired) electrons. The Kier molecular flexibility index (Phi) is 2.49. The van der Waals surface area contributed by atoms with Crippen LogP contribution in [0.1, 0.15) is 12.2 Å². The normalized spacial score (nSPS) is 22.7. The summed E-state index contributed by atoms with van der Waals surface area (Å²) in [5, 5.41) is 12.4. The third-order valence-corrected chi connectivity index (χ3v) is 2.49. The fourth-order valence-electron chi connectivity index (χ4n) is 1.72. The molecule has 14 heavy (non-hydrogen) atoms. The van der Waals surface area contributed by atoms with Gasteiger partial charge in [0.25, 0.3) is 0 Å². The summed E-state index contributed by atoms with van der Waals surface area (Å²) in [4.78, 5) is 12.8. The van der Waals surface area contributed by atoms with Gasteiger partial charge in [0.1, 0.15) is 0 Å². The van der Waals surface area contributed by atoms with Gasteiger partial charge in [-0.1, -0.05) is 5.16 Å². The van der Waals surface area contributed by atoms with Crippen molar-refractivity contribution >= 4 is 5.97 Å². The lowest BCUT2D eigenvalue weighted by atomic mass is 10.1. The molecule has 0 aliphatic carbocycles. The average Bonchev–Trinajstić information content (AvgIpc) is 2.75. The van der Waals surface area contributed by atoms with E-state index in [1.165, 1.54) is 0 Å². The molecule has 1 aliphatic heterocycles. The van der Waals surface area contributed by atoms with E-state index >= 15 is 0 Å². The molecule has 1 aromatic rings. The van der Waals surface area contributed by atoms with E-state index < -0.39 is 5.97 Å². The van der Waals surface area contributed by atoms with E-state index in [0.29, 0.717) is 13.1 Å². The van der Waals surface area contributed by atoms with Crippen molar-refractivity contribution in [1.82, 2.24) is 10.1 Å². The Hall–Kier alpha value is -1.36. The molecule has 0 aromatic carbocycles. The summed E-state index contributed by atoms with van der Waals surface area (Å²) in [5.41, 5.74) is 0. The van der Waals surface area contributed by atoms with Gasteiger partial charge in [0.2, 0.25) is 0 Å². The molecule has 76 valence electrons. The number of hydrogen-bond acceptors (Lipinski definition) is 4. The Balaban J connectivity index is 1.87. The zero-order valence-corrected chi connectivity index (χ0v) is 7.72. The van der Waals surface area contributed by atoms with Gasteiger partial charge in [0.05, 0.1) is 18.7 Å². The zero-order valence-electron chi connectivity index (χ0n) is 7.72. The quantitative estimate of drug-likeness (QED) is 0.766. The maximum absolute atomic E-state index is 10.7. The summed E-state index contributed by atoms with van der Waals surface area (Å²) in [7, 11) is 0. The van der Waals surface area contributed by atoms with E-state index in [-0.39, 0.29) is 5.92 Å². The number of nitrogens with zero attached hydrogens (tertiary/aromatic N) is 2. The van der Waals surface area contributed by atoms with Crippen molar-refractivity contribution in [3.63, 3.8) is 0 Å². The zero-order chi connectivity index (χ0) is 9.97. The number of aromatic nitrogens is 1. The molecule has 2 rings (SSSR count). The van der Waals surface area contributed by atoms with E-state index in [9.17, 15) is 4.79 Å². The van der Waals surface area contributed by atoms with Crippen LogP contribution in [0.15, 0.2) is 16.8 Å². The minimum Gasteiger partial charge on any atom is -0.481 e. The first-order valence-electron chi connectivity index (χ1n) is 4.60. The summed E-state index contributed by atoms with van der Waals surface area (Å²) in [5.74, 6) is -0.140. The molecule has 1 unspecified atom stereocenters. The first kappa shape index (κ1) is 9.21. The van der Waals surface area contributed by atoms with Crippen molar-refractivity contribution in [1.29, 1.82) is 0 Å². The van der Waals surface area contributed by atoms with E-state index in [0.717, 1.165) is 18.7 Å². The Labute approximate surface area is 81.3 Å². The molecular weight excluding hydrogens is 184 g/mol. The Morgan fingerprint density at radius 2 is 2.64 bits per heavy atom. The number of carbonyl (C=O) groups is 1. The van der Waals surface area contributed by atoms with Crippen LogP contribution in [0.2, 0.25) is 0 Å². The Morgan fingerprint density at radius 1 is 1.79 bits per heavy atom. The van der Waals surface area contributed by atoms with Gasteiger partial charge in [-0.3, -0.25) is 9.69 Å². The summed E-state index contributed by atoms with van der Waals surface area (Å²) in [6.07, 6.45) is 2.32. The number of aliphatic carboxylic acids is 1. The van der Waals surface area contributed by atoms with Crippen LogP contribution in [0.3, 0.4) is 0 Å². The van der Waals surface area contributed by atoms with Gasteiger partial charge in [-0.25, -0.2) is 0 Å². The molecule has 2 heterocycles. The van der Waals surface area contributed by atoms with Crippen molar-refractivity contribution < 1.29 is 14.4 Å². The fraction of sp³-hybridized carbons (Fsp3) is 0.556. The van der Waals surface area contributed by atoms with Crippen LogP contribution in [0.4, 0.5) is 0 Å². The van der Waals surface area contributed by atoms with Crippen LogP contribution < -0.4 is 0 Å². The van der Waals surface area contributed by atoms with Gasteiger partial charge in [0, 0.05) is 12.6 Å². The van der Waals surface area contributed by atoms with Gasteiger partial charge in [-0.05, 0) is 13.0 Å².